The molecule has 8 nitrogen and oxygen atoms in total. The Labute approximate surface area is 155 Å². The molecule has 0 aliphatic heterocycles. The Bertz CT molecular complexity index is 679. The lowest BCUT2D eigenvalue weighted by atomic mass is 10.2. The van der Waals surface area contributed by atoms with Gasteiger partial charge in [-0.1, -0.05) is 0 Å². The number of amides is 2. The number of hydrogen-bond donors (Lipinski definition) is 0. The average Bonchev–Trinajstić information content (AvgIpc) is 2.65. The molecule has 0 bridgehead atoms. The van der Waals surface area contributed by atoms with E-state index in [1.54, 1.807) is 48.6 Å². The van der Waals surface area contributed by atoms with E-state index in [9.17, 15) is 9.59 Å². The Morgan fingerprint density at radius 1 is 1.16 bits per heavy atom. The Morgan fingerprint density at radius 2 is 1.60 bits per heavy atom. The quantitative estimate of drug-likeness (QED) is 0.730. The molecule has 138 valence electrons. The van der Waals surface area contributed by atoms with Gasteiger partial charge in [0.1, 0.15) is 17.3 Å². The Hall–Kier alpha value is -2.08. The SMILES string of the molecule is Cn1nc(CN(C(=O)OC(C)(C)C)C(=O)OC(C)(C)C)c(Br)c1C#N. The summed E-state index contributed by atoms with van der Waals surface area (Å²) in [7, 11) is 1.60. The minimum Gasteiger partial charge on any atom is -0.443 e. The fourth-order valence-corrected chi connectivity index (χ4v) is 2.31. The van der Waals surface area contributed by atoms with Crippen molar-refractivity contribution >= 4 is 28.1 Å². The molecule has 0 unspecified atom stereocenters. The van der Waals surface area contributed by atoms with Gasteiger partial charge in [0.15, 0.2) is 5.69 Å². The summed E-state index contributed by atoms with van der Waals surface area (Å²) in [4.78, 5) is 25.7. The smallest absolute Gasteiger partial charge is 0.420 e. The lowest BCUT2D eigenvalue weighted by Crippen LogP contribution is -2.43. The van der Waals surface area contributed by atoms with Crippen LogP contribution in [-0.2, 0) is 23.1 Å². The first-order valence-corrected chi connectivity index (χ1v) is 8.39. The minimum atomic E-state index is -0.849. The third kappa shape index (κ3) is 6.05. The molecule has 0 saturated heterocycles. The summed E-state index contributed by atoms with van der Waals surface area (Å²) in [6, 6.07) is 1.99. The zero-order valence-electron chi connectivity index (χ0n) is 15.5. The molecular formula is C16H23BrN4O4. The molecule has 0 spiro atoms. The van der Waals surface area contributed by atoms with E-state index in [1.807, 2.05) is 6.07 Å². The molecule has 9 heteroatoms. The van der Waals surface area contributed by atoms with Gasteiger partial charge in [-0.25, -0.2) is 14.5 Å². The maximum atomic E-state index is 12.5. The van der Waals surface area contributed by atoms with Crippen molar-refractivity contribution in [3.05, 3.63) is 15.9 Å². The number of imide groups is 1. The van der Waals surface area contributed by atoms with Crippen molar-refractivity contribution in [3.63, 3.8) is 0 Å². The number of aromatic nitrogens is 2. The standard InChI is InChI=1S/C16H23BrN4O4/c1-15(2,3)24-13(22)21(14(23)25-16(4,5)6)9-10-12(17)11(8-18)20(7)19-10/h9H2,1-7H3. The maximum Gasteiger partial charge on any atom is 0.420 e. The zero-order valence-corrected chi connectivity index (χ0v) is 17.1. The van der Waals surface area contributed by atoms with Crippen molar-refractivity contribution in [3.8, 4) is 6.07 Å². The normalized spacial score (nSPS) is 11.6. The predicted molar refractivity (Wildman–Crippen MR) is 93.6 cm³/mol. The van der Waals surface area contributed by atoms with E-state index in [4.69, 9.17) is 14.7 Å². The number of ether oxygens (including phenoxy) is 2. The molecule has 0 radical (unpaired) electrons. The van der Waals surface area contributed by atoms with E-state index < -0.39 is 23.4 Å². The van der Waals surface area contributed by atoms with E-state index in [0.29, 0.717) is 10.2 Å². The van der Waals surface area contributed by atoms with E-state index in [1.165, 1.54) is 4.68 Å². The van der Waals surface area contributed by atoms with E-state index in [0.717, 1.165) is 4.90 Å². The highest BCUT2D eigenvalue weighted by Crippen LogP contribution is 2.23. The second kappa shape index (κ2) is 7.44. The van der Waals surface area contributed by atoms with E-state index in [2.05, 4.69) is 21.0 Å². The van der Waals surface area contributed by atoms with Gasteiger partial charge >= 0.3 is 12.2 Å². The second-order valence-corrected chi connectivity index (χ2v) is 8.18. The molecule has 0 aliphatic carbocycles. The van der Waals surface area contributed by atoms with Crippen LogP contribution in [0.3, 0.4) is 0 Å². The lowest BCUT2D eigenvalue weighted by Gasteiger charge is -2.28. The van der Waals surface area contributed by atoms with Gasteiger partial charge in [-0.2, -0.15) is 10.4 Å². The van der Waals surface area contributed by atoms with Crippen LogP contribution in [0.15, 0.2) is 4.47 Å². The fraction of sp³-hybridized carbons (Fsp3) is 0.625. The summed E-state index contributed by atoms with van der Waals surface area (Å²) in [6.45, 7) is 9.99. The van der Waals surface area contributed by atoms with Crippen LogP contribution in [0.5, 0.6) is 0 Å². The monoisotopic (exact) mass is 414 g/mol. The average molecular weight is 415 g/mol. The third-order valence-electron chi connectivity index (χ3n) is 2.70. The summed E-state index contributed by atoms with van der Waals surface area (Å²) in [5.74, 6) is 0. The molecule has 0 aliphatic rings. The van der Waals surface area contributed by atoms with Crippen LogP contribution in [0.1, 0.15) is 52.9 Å². The van der Waals surface area contributed by atoms with Gasteiger partial charge in [0, 0.05) is 7.05 Å². The molecule has 2 amide bonds. The third-order valence-corrected chi connectivity index (χ3v) is 3.53. The Morgan fingerprint density at radius 3 is 1.92 bits per heavy atom. The molecule has 0 saturated carbocycles. The minimum absolute atomic E-state index is 0.195. The molecule has 1 aromatic heterocycles. The van der Waals surface area contributed by atoms with Crippen LogP contribution in [0.25, 0.3) is 0 Å². The maximum absolute atomic E-state index is 12.5. The van der Waals surface area contributed by atoms with E-state index >= 15 is 0 Å². The van der Waals surface area contributed by atoms with Crippen LogP contribution < -0.4 is 0 Å². The molecule has 1 heterocycles. The number of halogens is 1. The summed E-state index contributed by atoms with van der Waals surface area (Å²) in [6.07, 6.45) is -1.70. The molecule has 1 aromatic rings. The van der Waals surface area contributed by atoms with Crippen molar-refractivity contribution in [2.45, 2.75) is 59.3 Å². The first kappa shape index (κ1) is 21.0. The van der Waals surface area contributed by atoms with Gasteiger partial charge in [-0.15, -0.1) is 0 Å². The summed E-state index contributed by atoms with van der Waals surface area (Å²) in [5, 5.41) is 13.3. The van der Waals surface area contributed by atoms with Gasteiger partial charge in [-0.3, -0.25) is 4.68 Å². The summed E-state index contributed by atoms with van der Waals surface area (Å²) >= 11 is 3.28. The molecule has 25 heavy (non-hydrogen) atoms. The fourth-order valence-electron chi connectivity index (χ4n) is 1.76. The Balaban J connectivity index is 3.17. The molecule has 0 N–H and O–H groups in total. The Kier molecular flexibility index (Phi) is 6.23. The predicted octanol–water partition coefficient (Wildman–Crippen LogP) is 3.73. The lowest BCUT2D eigenvalue weighted by molar-refractivity contribution is -0.000538. The summed E-state index contributed by atoms with van der Waals surface area (Å²) in [5.41, 5.74) is -0.938. The van der Waals surface area contributed by atoms with Gasteiger partial charge in [-0.05, 0) is 57.5 Å². The van der Waals surface area contributed by atoms with Crippen LogP contribution in [0.2, 0.25) is 0 Å². The molecular weight excluding hydrogens is 392 g/mol. The molecule has 1 rings (SSSR count). The number of carbonyl (C=O) groups is 2. The summed E-state index contributed by atoms with van der Waals surface area (Å²) < 4.78 is 12.3. The van der Waals surface area contributed by atoms with Gasteiger partial charge < -0.3 is 9.47 Å². The van der Waals surface area contributed by atoms with Gasteiger partial charge in [0.25, 0.3) is 0 Å². The van der Waals surface area contributed by atoms with E-state index in [-0.39, 0.29) is 12.2 Å². The number of rotatable bonds is 2. The number of hydrogen-bond acceptors (Lipinski definition) is 6. The van der Waals surface area contributed by atoms with Crippen LogP contribution in [0.4, 0.5) is 9.59 Å². The first-order valence-electron chi connectivity index (χ1n) is 7.60. The largest absolute Gasteiger partial charge is 0.443 e. The van der Waals surface area contributed by atoms with Gasteiger partial charge in [0.05, 0.1) is 16.7 Å². The molecule has 0 fully saturated rings. The van der Waals surface area contributed by atoms with Crippen molar-refractivity contribution in [2.24, 2.45) is 7.05 Å². The van der Waals surface area contributed by atoms with Crippen molar-refractivity contribution < 1.29 is 19.1 Å². The number of aryl methyl sites for hydroxylation is 1. The van der Waals surface area contributed by atoms with Crippen molar-refractivity contribution in [1.29, 1.82) is 5.26 Å². The molecule has 0 aromatic carbocycles. The van der Waals surface area contributed by atoms with Crippen LogP contribution in [0, 0.1) is 11.3 Å². The van der Waals surface area contributed by atoms with Crippen molar-refractivity contribution in [1.82, 2.24) is 14.7 Å². The highest BCUT2D eigenvalue weighted by atomic mass is 79.9. The number of nitriles is 1. The second-order valence-electron chi connectivity index (χ2n) is 7.39. The highest BCUT2D eigenvalue weighted by Gasteiger charge is 2.32. The highest BCUT2D eigenvalue weighted by molar-refractivity contribution is 9.10. The topological polar surface area (TPSA) is 97.5 Å². The zero-order chi connectivity index (χ0) is 19.6. The van der Waals surface area contributed by atoms with Crippen LogP contribution in [-0.4, -0.2) is 38.1 Å². The molecule has 0 atom stereocenters. The van der Waals surface area contributed by atoms with Gasteiger partial charge in [0.2, 0.25) is 0 Å². The number of carbonyl (C=O) groups excluding carboxylic acids is 2. The first-order chi connectivity index (χ1) is 11.2. The van der Waals surface area contributed by atoms with Crippen molar-refractivity contribution in [2.75, 3.05) is 0 Å². The number of nitrogens with zero attached hydrogens (tertiary/aromatic N) is 4. The van der Waals surface area contributed by atoms with Crippen LogP contribution >= 0.6 is 15.9 Å².